The first kappa shape index (κ1) is 19.7. The summed E-state index contributed by atoms with van der Waals surface area (Å²) in [6.07, 6.45) is 1.06. The Morgan fingerprint density at radius 2 is 1.86 bits per heavy atom. The molecule has 0 radical (unpaired) electrons. The molecule has 2 aromatic carbocycles. The van der Waals surface area contributed by atoms with Crippen LogP contribution in [0.5, 0.6) is 5.75 Å². The number of carbonyl (C=O) groups is 2. The van der Waals surface area contributed by atoms with Crippen molar-refractivity contribution in [1.82, 2.24) is 4.90 Å². The lowest BCUT2D eigenvalue weighted by atomic mass is 9.97. The van der Waals surface area contributed by atoms with Crippen LogP contribution in [0.15, 0.2) is 48.5 Å². The number of para-hydroxylation sites is 1. The van der Waals surface area contributed by atoms with Crippen LogP contribution in [0, 0.1) is 11.7 Å². The van der Waals surface area contributed by atoms with E-state index in [1.54, 1.807) is 4.90 Å². The second kappa shape index (κ2) is 9.21. The van der Waals surface area contributed by atoms with Gasteiger partial charge in [-0.15, -0.1) is 0 Å². The largest absolute Gasteiger partial charge is 0.496 e. The van der Waals surface area contributed by atoms with E-state index in [1.165, 1.54) is 25.3 Å². The molecule has 1 saturated heterocycles. The van der Waals surface area contributed by atoms with Gasteiger partial charge < -0.3 is 19.7 Å². The molecule has 0 aliphatic carbocycles. The molecule has 0 spiro atoms. The molecule has 0 saturated carbocycles. The number of rotatable bonds is 5. The van der Waals surface area contributed by atoms with Gasteiger partial charge in [-0.1, -0.05) is 18.2 Å². The maximum absolute atomic E-state index is 13.4. The molecule has 0 aromatic heterocycles. The number of amides is 2. The van der Waals surface area contributed by atoms with E-state index in [9.17, 15) is 14.0 Å². The summed E-state index contributed by atoms with van der Waals surface area (Å²) in [5.74, 6) is -0.555. The van der Waals surface area contributed by atoms with Gasteiger partial charge in [0.1, 0.15) is 18.2 Å². The van der Waals surface area contributed by atoms with Crippen LogP contribution in [0.3, 0.4) is 0 Å². The second-order valence-electron chi connectivity index (χ2n) is 6.62. The number of nitrogens with zero attached hydrogens (tertiary/aromatic N) is 1. The third-order valence-electron chi connectivity index (χ3n) is 4.75. The van der Waals surface area contributed by atoms with Gasteiger partial charge in [0.05, 0.1) is 13.0 Å². The molecule has 0 atom stereocenters. The van der Waals surface area contributed by atoms with E-state index in [0.29, 0.717) is 37.2 Å². The average molecular weight is 386 g/mol. The molecule has 1 fully saturated rings. The van der Waals surface area contributed by atoms with Crippen molar-refractivity contribution in [1.29, 1.82) is 0 Å². The Labute approximate surface area is 163 Å². The van der Waals surface area contributed by atoms with Gasteiger partial charge in [-0.05, 0) is 43.2 Å². The molecular formula is C21H23FN2O4. The third-order valence-corrected chi connectivity index (χ3v) is 4.75. The number of benzene rings is 2. The lowest BCUT2D eigenvalue weighted by molar-refractivity contribution is -0.151. The predicted molar refractivity (Wildman–Crippen MR) is 103 cm³/mol. The van der Waals surface area contributed by atoms with E-state index in [1.807, 2.05) is 30.3 Å². The summed E-state index contributed by atoms with van der Waals surface area (Å²) in [7, 11) is 1.48. The van der Waals surface area contributed by atoms with Crippen molar-refractivity contribution in [3.63, 3.8) is 0 Å². The molecule has 148 valence electrons. The van der Waals surface area contributed by atoms with Crippen LogP contribution in [-0.4, -0.2) is 37.1 Å². The first-order valence-corrected chi connectivity index (χ1v) is 9.17. The summed E-state index contributed by atoms with van der Waals surface area (Å²) >= 11 is 0. The minimum Gasteiger partial charge on any atom is -0.496 e. The number of nitrogens with one attached hydrogen (secondary N) is 1. The Morgan fingerprint density at radius 1 is 1.14 bits per heavy atom. The highest BCUT2D eigenvalue weighted by molar-refractivity contribution is 5.89. The predicted octanol–water partition coefficient (Wildman–Crippen LogP) is 3.82. The summed E-state index contributed by atoms with van der Waals surface area (Å²) in [6, 6.07) is 13.1. The van der Waals surface area contributed by atoms with Crippen molar-refractivity contribution in [3.05, 3.63) is 59.9 Å². The number of anilines is 1. The number of hydrogen-bond acceptors (Lipinski definition) is 4. The number of urea groups is 1. The summed E-state index contributed by atoms with van der Waals surface area (Å²) in [6.45, 7) is 0.901. The van der Waals surface area contributed by atoms with E-state index in [4.69, 9.17) is 9.47 Å². The molecular weight excluding hydrogens is 363 g/mol. The Balaban J connectivity index is 1.47. The normalized spacial score (nSPS) is 14.4. The fourth-order valence-electron chi connectivity index (χ4n) is 3.17. The summed E-state index contributed by atoms with van der Waals surface area (Å²) < 4.78 is 23.9. The average Bonchev–Trinajstić information content (AvgIpc) is 2.73. The van der Waals surface area contributed by atoms with Crippen LogP contribution < -0.4 is 10.1 Å². The van der Waals surface area contributed by atoms with E-state index < -0.39 is 5.82 Å². The lowest BCUT2D eigenvalue weighted by Gasteiger charge is -2.31. The quantitative estimate of drug-likeness (QED) is 0.794. The highest BCUT2D eigenvalue weighted by Crippen LogP contribution is 2.23. The van der Waals surface area contributed by atoms with E-state index in [-0.39, 0.29) is 24.5 Å². The highest BCUT2D eigenvalue weighted by Gasteiger charge is 2.28. The van der Waals surface area contributed by atoms with Crippen LogP contribution in [0.1, 0.15) is 18.4 Å². The molecule has 1 N–H and O–H groups in total. The van der Waals surface area contributed by atoms with Gasteiger partial charge in [-0.25, -0.2) is 9.18 Å². The zero-order valence-corrected chi connectivity index (χ0v) is 15.7. The molecule has 1 aliphatic rings. The smallest absolute Gasteiger partial charge is 0.321 e. The first-order valence-electron chi connectivity index (χ1n) is 9.17. The standard InChI is InChI=1S/C21H23FN2O4/c1-27-19-8-7-17(22)13-16(19)14-28-20(25)15-9-11-24(12-10-15)21(26)23-18-5-3-2-4-6-18/h2-8,13,15H,9-12,14H2,1H3,(H,23,26). The van der Waals surface area contributed by atoms with Gasteiger partial charge >= 0.3 is 12.0 Å². The first-order chi connectivity index (χ1) is 13.6. The third kappa shape index (κ3) is 5.00. The number of hydrogen-bond donors (Lipinski definition) is 1. The summed E-state index contributed by atoms with van der Waals surface area (Å²) in [4.78, 5) is 26.3. The van der Waals surface area contributed by atoms with Crippen LogP contribution in [-0.2, 0) is 16.1 Å². The maximum Gasteiger partial charge on any atom is 0.321 e. The van der Waals surface area contributed by atoms with Gasteiger partial charge in [0, 0.05) is 24.3 Å². The molecule has 6 nitrogen and oxygen atoms in total. The zero-order chi connectivity index (χ0) is 19.9. The number of ether oxygens (including phenoxy) is 2. The molecule has 7 heteroatoms. The van der Waals surface area contributed by atoms with E-state index in [2.05, 4.69) is 5.32 Å². The number of methoxy groups -OCH3 is 1. The Bertz CT molecular complexity index is 820. The van der Waals surface area contributed by atoms with Gasteiger partial charge in [0.25, 0.3) is 0 Å². The number of likely N-dealkylation sites (tertiary alicyclic amines) is 1. The molecule has 1 heterocycles. The zero-order valence-electron chi connectivity index (χ0n) is 15.7. The van der Waals surface area contributed by atoms with Gasteiger partial charge in [0.15, 0.2) is 0 Å². The van der Waals surface area contributed by atoms with Crippen LogP contribution in [0.25, 0.3) is 0 Å². The number of halogens is 1. The second-order valence-corrected chi connectivity index (χ2v) is 6.62. The van der Waals surface area contributed by atoms with Gasteiger partial charge in [0.2, 0.25) is 0 Å². The topological polar surface area (TPSA) is 67.9 Å². The van der Waals surface area contributed by atoms with Crippen LogP contribution in [0.4, 0.5) is 14.9 Å². The Morgan fingerprint density at radius 3 is 2.54 bits per heavy atom. The number of esters is 1. The molecule has 3 rings (SSSR count). The molecule has 0 bridgehead atoms. The summed E-state index contributed by atoms with van der Waals surface area (Å²) in [5.41, 5.74) is 1.22. The monoisotopic (exact) mass is 386 g/mol. The number of carbonyl (C=O) groups excluding carboxylic acids is 2. The number of piperidine rings is 1. The van der Waals surface area contributed by atoms with Gasteiger partial charge in [-0.3, -0.25) is 4.79 Å². The Hall–Kier alpha value is -3.09. The van der Waals surface area contributed by atoms with Crippen LogP contribution in [0.2, 0.25) is 0 Å². The summed E-state index contributed by atoms with van der Waals surface area (Å²) in [5, 5.41) is 2.84. The van der Waals surface area contributed by atoms with Crippen molar-refractivity contribution in [2.24, 2.45) is 5.92 Å². The minimum absolute atomic E-state index is 0.0471. The van der Waals surface area contributed by atoms with E-state index >= 15 is 0 Å². The minimum atomic E-state index is -0.412. The Kier molecular flexibility index (Phi) is 6.47. The molecule has 2 amide bonds. The molecule has 2 aromatic rings. The fourth-order valence-corrected chi connectivity index (χ4v) is 3.17. The highest BCUT2D eigenvalue weighted by atomic mass is 19.1. The van der Waals surface area contributed by atoms with Crippen LogP contribution >= 0.6 is 0 Å². The lowest BCUT2D eigenvalue weighted by Crippen LogP contribution is -2.42. The molecule has 28 heavy (non-hydrogen) atoms. The van der Waals surface area contributed by atoms with Gasteiger partial charge in [-0.2, -0.15) is 0 Å². The molecule has 0 unspecified atom stereocenters. The fraction of sp³-hybridized carbons (Fsp3) is 0.333. The van der Waals surface area contributed by atoms with Crippen molar-refractivity contribution in [2.75, 3.05) is 25.5 Å². The van der Waals surface area contributed by atoms with E-state index in [0.717, 1.165) is 5.69 Å². The maximum atomic E-state index is 13.4. The van der Waals surface area contributed by atoms with Crippen molar-refractivity contribution in [3.8, 4) is 5.75 Å². The van der Waals surface area contributed by atoms with Crippen molar-refractivity contribution >= 4 is 17.7 Å². The molecule has 1 aliphatic heterocycles. The SMILES string of the molecule is COc1ccc(F)cc1COC(=O)C1CCN(C(=O)Nc2ccccc2)CC1. The van der Waals surface area contributed by atoms with Crippen molar-refractivity contribution in [2.45, 2.75) is 19.4 Å². The van der Waals surface area contributed by atoms with Crippen molar-refractivity contribution < 1.29 is 23.5 Å².